The molecule has 0 N–H and O–H groups in total. The molecule has 27 heavy (non-hydrogen) atoms. The van der Waals surface area contributed by atoms with E-state index in [9.17, 15) is 8.42 Å². The Kier molecular flexibility index (Phi) is 4.49. The molecule has 0 atom stereocenters. The van der Waals surface area contributed by atoms with Crippen LogP contribution in [0, 0.1) is 6.92 Å². The molecule has 0 fully saturated rings. The second-order valence-corrected chi connectivity index (χ2v) is 8.46. The van der Waals surface area contributed by atoms with Crippen molar-refractivity contribution >= 4 is 10.0 Å². The zero-order valence-corrected chi connectivity index (χ0v) is 16.0. The van der Waals surface area contributed by atoms with E-state index in [2.05, 4.69) is 5.16 Å². The molecule has 1 aromatic heterocycles. The zero-order valence-electron chi connectivity index (χ0n) is 15.2. The summed E-state index contributed by atoms with van der Waals surface area (Å²) in [6.07, 6.45) is 0.702. The van der Waals surface area contributed by atoms with Crippen LogP contribution in [-0.4, -0.2) is 31.5 Å². The molecule has 0 radical (unpaired) electrons. The van der Waals surface area contributed by atoms with Crippen LogP contribution in [0.1, 0.15) is 16.8 Å². The molecule has 7 heteroatoms. The smallest absolute Gasteiger partial charge is 0.247 e. The minimum atomic E-state index is -3.68. The van der Waals surface area contributed by atoms with Crippen LogP contribution < -0.4 is 4.74 Å². The number of benzene rings is 2. The summed E-state index contributed by atoms with van der Waals surface area (Å²) in [6, 6.07) is 14.7. The van der Waals surface area contributed by atoms with Crippen LogP contribution >= 0.6 is 0 Å². The molecule has 140 valence electrons. The van der Waals surface area contributed by atoms with Crippen LogP contribution in [0.15, 0.2) is 57.9 Å². The maximum atomic E-state index is 13.2. The highest BCUT2D eigenvalue weighted by atomic mass is 32.2. The number of aromatic nitrogens is 1. The van der Waals surface area contributed by atoms with Gasteiger partial charge in [0.2, 0.25) is 10.0 Å². The third-order valence-corrected chi connectivity index (χ3v) is 6.67. The lowest BCUT2D eigenvalue weighted by molar-refractivity contribution is 0.377. The summed E-state index contributed by atoms with van der Waals surface area (Å²) in [5, 5.41) is 3.87. The number of aryl methyl sites for hydroxylation is 1. The van der Waals surface area contributed by atoms with Crippen molar-refractivity contribution in [1.29, 1.82) is 0 Å². The second-order valence-electron chi connectivity index (χ2n) is 6.56. The van der Waals surface area contributed by atoms with E-state index in [1.807, 2.05) is 31.2 Å². The first-order valence-electron chi connectivity index (χ1n) is 8.68. The number of hydrogen-bond acceptors (Lipinski definition) is 5. The Labute approximate surface area is 158 Å². The van der Waals surface area contributed by atoms with Crippen molar-refractivity contribution in [2.24, 2.45) is 0 Å². The van der Waals surface area contributed by atoms with Gasteiger partial charge in [0.25, 0.3) is 0 Å². The standard InChI is InChI=1S/C20H20N2O4S/c1-14-11-18(26-21-14)16-7-8-20(19(12-16)25-2)27(23,24)22-10-9-15-5-3-4-6-17(15)13-22/h3-8,11-12H,9-10,13H2,1-2H3. The van der Waals surface area contributed by atoms with Crippen LogP contribution in [0.2, 0.25) is 0 Å². The number of hydrogen-bond donors (Lipinski definition) is 0. The summed E-state index contributed by atoms with van der Waals surface area (Å²) in [5.74, 6) is 0.863. The lowest BCUT2D eigenvalue weighted by Crippen LogP contribution is -2.36. The lowest BCUT2D eigenvalue weighted by Gasteiger charge is -2.28. The topological polar surface area (TPSA) is 72.6 Å². The molecule has 0 aliphatic carbocycles. The van der Waals surface area contributed by atoms with Crippen molar-refractivity contribution in [3.8, 4) is 17.1 Å². The molecule has 0 bridgehead atoms. The van der Waals surface area contributed by atoms with Crippen molar-refractivity contribution < 1.29 is 17.7 Å². The van der Waals surface area contributed by atoms with Gasteiger partial charge in [-0.2, -0.15) is 4.31 Å². The first kappa shape index (κ1) is 17.8. The number of rotatable bonds is 4. The minimum Gasteiger partial charge on any atom is -0.495 e. The van der Waals surface area contributed by atoms with Crippen LogP contribution in [-0.2, 0) is 23.0 Å². The first-order chi connectivity index (χ1) is 13.0. The molecule has 3 aromatic rings. The molecule has 1 aliphatic rings. The van der Waals surface area contributed by atoms with Crippen LogP contribution in [0.3, 0.4) is 0 Å². The highest BCUT2D eigenvalue weighted by Gasteiger charge is 2.31. The fraction of sp³-hybridized carbons (Fsp3) is 0.250. The molecule has 0 unspecified atom stereocenters. The van der Waals surface area contributed by atoms with Gasteiger partial charge < -0.3 is 9.26 Å². The molecule has 0 saturated carbocycles. The molecule has 6 nitrogen and oxygen atoms in total. The average molecular weight is 384 g/mol. The Morgan fingerprint density at radius 1 is 1.11 bits per heavy atom. The average Bonchev–Trinajstić information content (AvgIpc) is 3.13. The van der Waals surface area contributed by atoms with Gasteiger partial charge in [-0.3, -0.25) is 0 Å². The monoisotopic (exact) mass is 384 g/mol. The van der Waals surface area contributed by atoms with Gasteiger partial charge in [0.15, 0.2) is 5.76 Å². The lowest BCUT2D eigenvalue weighted by atomic mass is 10.0. The summed E-state index contributed by atoms with van der Waals surface area (Å²) in [7, 11) is -2.21. The Bertz CT molecular complexity index is 1090. The fourth-order valence-corrected chi connectivity index (χ4v) is 4.90. The van der Waals surface area contributed by atoms with Gasteiger partial charge in [-0.05, 0) is 42.7 Å². The fourth-order valence-electron chi connectivity index (χ4n) is 3.35. The van der Waals surface area contributed by atoms with E-state index in [1.54, 1.807) is 24.3 Å². The van der Waals surface area contributed by atoms with E-state index in [-0.39, 0.29) is 4.90 Å². The van der Waals surface area contributed by atoms with Gasteiger partial charge in [-0.25, -0.2) is 8.42 Å². The van der Waals surface area contributed by atoms with Gasteiger partial charge in [-0.1, -0.05) is 29.4 Å². The quantitative estimate of drug-likeness (QED) is 0.689. The summed E-state index contributed by atoms with van der Waals surface area (Å²) in [6.45, 7) is 2.65. The van der Waals surface area contributed by atoms with Gasteiger partial charge in [0.05, 0.1) is 12.8 Å². The minimum absolute atomic E-state index is 0.157. The van der Waals surface area contributed by atoms with Crippen molar-refractivity contribution in [2.75, 3.05) is 13.7 Å². The number of nitrogens with zero attached hydrogens (tertiary/aromatic N) is 2. The molecule has 0 saturated heterocycles. The Morgan fingerprint density at radius 3 is 2.59 bits per heavy atom. The summed E-state index contributed by atoms with van der Waals surface area (Å²) < 4.78 is 38.6. The van der Waals surface area contributed by atoms with Gasteiger partial charge in [0, 0.05) is 24.7 Å². The number of ether oxygens (including phenoxy) is 1. The van der Waals surface area contributed by atoms with Crippen molar-refractivity contribution in [3.63, 3.8) is 0 Å². The number of sulfonamides is 1. The highest BCUT2D eigenvalue weighted by molar-refractivity contribution is 7.89. The van der Waals surface area contributed by atoms with Crippen molar-refractivity contribution in [1.82, 2.24) is 9.46 Å². The van der Waals surface area contributed by atoms with E-state index >= 15 is 0 Å². The Morgan fingerprint density at radius 2 is 1.89 bits per heavy atom. The third-order valence-electron chi connectivity index (χ3n) is 4.79. The summed E-state index contributed by atoms with van der Waals surface area (Å²) >= 11 is 0. The molecular formula is C20H20N2O4S. The van der Waals surface area contributed by atoms with E-state index < -0.39 is 10.0 Å². The van der Waals surface area contributed by atoms with E-state index in [1.165, 1.54) is 17.0 Å². The number of fused-ring (bicyclic) bond motifs is 1. The van der Waals surface area contributed by atoms with Crippen molar-refractivity contribution in [3.05, 3.63) is 65.4 Å². The number of methoxy groups -OCH3 is 1. The van der Waals surface area contributed by atoms with Crippen LogP contribution in [0.5, 0.6) is 5.75 Å². The summed E-state index contributed by atoms with van der Waals surface area (Å²) in [4.78, 5) is 0.157. The molecule has 4 rings (SSSR count). The first-order valence-corrected chi connectivity index (χ1v) is 10.1. The summed E-state index contributed by atoms with van der Waals surface area (Å²) in [5.41, 5.74) is 3.72. The predicted molar refractivity (Wildman–Crippen MR) is 101 cm³/mol. The van der Waals surface area contributed by atoms with Crippen LogP contribution in [0.25, 0.3) is 11.3 Å². The van der Waals surface area contributed by atoms with E-state index in [0.29, 0.717) is 31.0 Å². The largest absolute Gasteiger partial charge is 0.495 e. The second kappa shape index (κ2) is 6.83. The molecule has 0 amide bonds. The van der Waals surface area contributed by atoms with Crippen molar-refractivity contribution in [2.45, 2.75) is 24.8 Å². The molecule has 0 spiro atoms. The maximum absolute atomic E-state index is 13.2. The Balaban J connectivity index is 1.69. The van der Waals surface area contributed by atoms with Gasteiger partial charge >= 0.3 is 0 Å². The third kappa shape index (κ3) is 3.24. The van der Waals surface area contributed by atoms with Gasteiger partial charge in [-0.15, -0.1) is 0 Å². The SMILES string of the molecule is COc1cc(-c2cc(C)no2)ccc1S(=O)(=O)N1CCc2ccccc2C1. The van der Waals surface area contributed by atoms with E-state index in [4.69, 9.17) is 9.26 Å². The molecule has 2 aromatic carbocycles. The molecular weight excluding hydrogens is 364 g/mol. The van der Waals surface area contributed by atoms with Gasteiger partial charge in [0.1, 0.15) is 10.6 Å². The van der Waals surface area contributed by atoms with E-state index in [0.717, 1.165) is 16.8 Å². The normalized spacial score (nSPS) is 14.7. The Hall–Kier alpha value is -2.64. The predicted octanol–water partition coefficient (Wildman–Crippen LogP) is 3.41. The molecule has 2 heterocycles. The zero-order chi connectivity index (χ0) is 19.0. The highest BCUT2D eigenvalue weighted by Crippen LogP contribution is 2.34. The molecule has 1 aliphatic heterocycles. The maximum Gasteiger partial charge on any atom is 0.247 e. The van der Waals surface area contributed by atoms with Crippen LogP contribution in [0.4, 0.5) is 0 Å².